The molecule has 0 saturated heterocycles. The Bertz CT molecular complexity index is 1050. The van der Waals surface area contributed by atoms with Gasteiger partial charge in [0.25, 0.3) is 0 Å². The first-order valence-electron chi connectivity index (χ1n) is 7.94. The molecular formula is C19H19F2N5. The maximum atomic E-state index is 14.1. The summed E-state index contributed by atoms with van der Waals surface area (Å²) in [7, 11) is 0. The fourth-order valence-electron chi connectivity index (χ4n) is 2.98. The summed E-state index contributed by atoms with van der Waals surface area (Å²) in [6.07, 6.45) is 4.99. The van der Waals surface area contributed by atoms with Crippen LogP contribution in [-0.2, 0) is 13.1 Å². The third-order valence-electron chi connectivity index (χ3n) is 4.12. The van der Waals surface area contributed by atoms with Gasteiger partial charge in [0.05, 0.1) is 17.6 Å². The van der Waals surface area contributed by atoms with Crippen LogP contribution in [0.3, 0.4) is 0 Å². The minimum atomic E-state index is -0.514. The summed E-state index contributed by atoms with van der Waals surface area (Å²) in [6, 6.07) is 7.18. The fourth-order valence-corrected chi connectivity index (χ4v) is 2.98. The van der Waals surface area contributed by atoms with Crippen molar-refractivity contribution < 1.29 is 8.78 Å². The largest absolute Gasteiger partial charge is 0.325 e. The average molecular weight is 355 g/mol. The Balaban J connectivity index is 0.00000196. The van der Waals surface area contributed by atoms with Crippen molar-refractivity contribution in [1.29, 1.82) is 0 Å². The summed E-state index contributed by atoms with van der Waals surface area (Å²) in [6.45, 7) is 3.14. The molecule has 0 aliphatic heterocycles. The Morgan fingerprint density at radius 1 is 1.08 bits per heavy atom. The van der Waals surface area contributed by atoms with E-state index in [4.69, 9.17) is 0 Å². The van der Waals surface area contributed by atoms with Crippen molar-refractivity contribution in [3.8, 4) is 11.4 Å². The molecule has 0 radical (unpaired) electrons. The zero-order chi connectivity index (χ0) is 17.4. The van der Waals surface area contributed by atoms with Gasteiger partial charge in [0.15, 0.2) is 5.65 Å². The number of fused-ring (bicyclic) bond motifs is 1. The highest BCUT2D eigenvalue weighted by atomic mass is 19.1. The Kier molecular flexibility index (Phi) is 4.79. The van der Waals surface area contributed by atoms with E-state index in [1.165, 1.54) is 0 Å². The number of hydrogen-bond acceptors (Lipinski definition) is 3. The summed E-state index contributed by atoms with van der Waals surface area (Å²) in [5.41, 5.74) is 1.74. The van der Waals surface area contributed by atoms with Crippen molar-refractivity contribution in [2.45, 2.75) is 27.4 Å². The van der Waals surface area contributed by atoms with Gasteiger partial charge in [-0.3, -0.25) is 0 Å². The number of aryl methyl sites for hydroxylation is 1. The molecule has 4 rings (SSSR count). The molecule has 7 heteroatoms. The lowest BCUT2D eigenvalue weighted by Gasteiger charge is -2.10. The monoisotopic (exact) mass is 355 g/mol. The molecule has 0 bridgehead atoms. The van der Waals surface area contributed by atoms with E-state index < -0.39 is 11.6 Å². The molecular weight excluding hydrogens is 336 g/mol. The molecule has 0 N–H and O–H groups in total. The van der Waals surface area contributed by atoms with E-state index >= 15 is 0 Å². The highest BCUT2D eigenvalue weighted by Crippen LogP contribution is 2.23. The highest BCUT2D eigenvalue weighted by Gasteiger charge is 2.16. The van der Waals surface area contributed by atoms with E-state index in [0.717, 1.165) is 36.1 Å². The lowest BCUT2D eigenvalue weighted by atomic mass is 10.2. The van der Waals surface area contributed by atoms with Crippen LogP contribution < -0.4 is 0 Å². The summed E-state index contributed by atoms with van der Waals surface area (Å²) in [4.78, 5) is 13.0. The zero-order valence-corrected chi connectivity index (χ0v) is 13.5. The molecule has 5 nitrogen and oxygen atoms in total. The Hall–Kier alpha value is -3.09. The SMILES string of the molecule is C.CCn1c(Cn2ccnc2-c2cc(F)ccc2F)nc2ncccc21. The zero-order valence-electron chi connectivity index (χ0n) is 13.5. The molecule has 0 amide bonds. The molecule has 0 atom stereocenters. The van der Waals surface area contributed by atoms with Gasteiger partial charge in [-0.25, -0.2) is 23.7 Å². The summed E-state index contributed by atoms with van der Waals surface area (Å²) >= 11 is 0. The molecule has 0 spiro atoms. The van der Waals surface area contributed by atoms with Crippen LogP contribution >= 0.6 is 0 Å². The van der Waals surface area contributed by atoms with Gasteiger partial charge in [-0.05, 0) is 37.3 Å². The molecule has 0 fully saturated rings. The van der Waals surface area contributed by atoms with Crippen LogP contribution in [-0.4, -0.2) is 24.1 Å². The predicted molar refractivity (Wildman–Crippen MR) is 96.6 cm³/mol. The van der Waals surface area contributed by atoms with Crippen LogP contribution in [0.1, 0.15) is 20.2 Å². The smallest absolute Gasteiger partial charge is 0.177 e. The molecule has 0 aliphatic carbocycles. The number of pyridine rings is 1. The third-order valence-corrected chi connectivity index (χ3v) is 4.12. The summed E-state index contributed by atoms with van der Waals surface area (Å²) < 4.78 is 31.4. The van der Waals surface area contributed by atoms with Gasteiger partial charge in [-0.1, -0.05) is 7.43 Å². The highest BCUT2D eigenvalue weighted by molar-refractivity contribution is 5.71. The number of benzene rings is 1. The molecule has 0 aliphatic rings. The van der Waals surface area contributed by atoms with Crippen molar-refractivity contribution >= 4 is 11.2 Å². The van der Waals surface area contributed by atoms with Gasteiger partial charge in [-0.2, -0.15) is 0 Å². The average Bonchev–Trinajstić information content (AvgIpc) is 3.21. The predicted octanol–water partition coefficient (Wildman–Crippen LogP) is 4.28. The molecule has 1 aromatic carbocycles. The molecule has 4 aromatic rings. The number of aromatic nitrogens is 5. The first-order valence-corrected chi connectivity index (χ1v) is 7.94. The van der Waals surface area contributed by atoms with Gasteiger partial charge in [-0.15, -0.1) is 0 Å². The molecule has 0 saturated carbocycles. The van der Waals surface area contributed by atoms with E-state index in [0.29, 0.717) is 18.0 Å². The summed E-state index contributed by atoms with van der Waals surface area (Å²) in [5.74, 6) is 0.127. The number of halogens is 2. The molecule has 0 unspecified atom stereocenters. The minimum absolute atomic E-state index is 0. The standard InChI is InChI=1S/C18H15F2N5.CH4/c1-2-25-15-4-3-7-21-17(15)23-16(25)11-24-9-8-22-18(24)13-10-12(19)5-6-14(13)20;/h3-10H,2,11H2,1H3;1H4. The van der Waals surface area contributed by atoms with Crippen LogP contribution in [0.25, 0.3) is 22.6 Å². The van der Waals surface area contributed by atoms with Gasteiger partial charge in [0.2, 0.25) is 0 Å². The number of rotatable bonds is 4. The normalized spacial score (nSPS) is 10.9. The second kappa shape index (κ2) is 7.03. The number of hydrogen-bond donors (Lipinski definition) is 0. The van der Waals surface area contributed by atoms with Crippen molar-refractivity contribution in [2.75, 3.05) is 0 Å². The molecule has 134 valence electrons. The Morgan fingerprint density at radius 3 is 2.73 bits per heavy atom. The van der Waals surface area contributed by atoms with Gasteiger partial charge in [0.1, 0.15) is 23.3 Å². The van der Waals surface area contributed by atoms with Crippen LogP contribution in [0.5, 0.6) is 0 Å². The van der Waals surface area contributed by atoms with Crippen LogP contribution in [0, 0.1) is 11.6 Å². The molecule has 26 heavy (non-hydrogen) atoms. The van der Waals surface area contributed by atoms with Gasteiger partial charge < -0.3 is 9.13 Å². The van der Waals surface area contributed by atoms with Gasteiger partial charge in [0, 0.05) is 25.1 Å². The maximum absolute atomic E-state index is 14.1. The van der Waals surface area contributed by atoms with Crippen molar-refractivity contribution in [2.24, 2.45) is 0 Å². The van der Waals surface area contributed by atoms with Crippen molar-refractivity contribution in [3.05, 3.63) is 66.4 Å². The first-order chi connectivity index (χ1) is 12.2. The Morgan fingerprint density at radius 2 is 1.92 bits per heavy atom. The Labute approximate surface area is 150 Å². The third kappa shape index (κ3) is 2.96. The van der Waals surface area contributed by atoms with E-state index in [1.807, 2.05) is 23.6 Å². The molecule has 3 aromatic heterocycles. The van der Waals surface area contributed by atoms with E-state index in [9.17, 15) is 8.78 Å². The van der Waals surface area contributed by atoms with E-state index in [2.05, 4.69) is 15.0 Å². The lowest BCUT2D eigenvalue weighted by molar-refractivity contribution is 0.599. The maximum Gasteiger partial charge on any atom is 0.177 e. The van der Waals surface area contributed by atoms with E-state index in [-0.39, 0.29) is 13.0 Å². The number of nitrogens with zero attached hydrogens (tertiary/aromatic N) is 5. The van der Waals surface area contributed by atoms with Crippen LogP contribution in [0.4, 0.5) is 8.78 Å². The fraction of sp³-hybridized carbons (Fsp3) is 0.211. The van der Waals surface area contributed by atoms with Crippen LogP contribution in [0.2, 0.25) is 0 Å². The second-order valence-electron chi connectivity index (χ2n) is 5.62. The molecule has 3 heterocycles. The van der Waals surface area contributed by atoms with Crippen molar-refractivity contribution in [3.63, 3.8) is 0 Å². The minimum Gasteiger partial charge on any atom is -0.325 e. The lowest BCUT2D eigenvalue weighted by Crippen LogP contribution is -2.09. The quantitative estimate of drug-likeness (QED) is 0.549. The first kappa shape index (κ1) is 17.7. The topological polar surface area (TPSA) is 48.5 Å². The van der Waals surface area contributed by atoms with E-state index in [1.54, 1.807) is 23.2 Å². The van der Waals surface area contributed by atoms with Gasteiger partial charge >= 0.3 is 0 Å². The number of imidazole rings is 2. The summed E-state index contributed by atoms with van der Waals surface area (Å²) in [5, 5.41) is 0. The van der Waals surface area contributed by atoms with Crippen LogP contribution in [0.15, 0.2) is 48.9 Å². The second-order valence-corrected chi connectivity index (χ2v) is 5.62. The van der Waals surface area contributed by atoms with Crippen molar-refractivity contribution in [1.82, 2.24) is 24.1 Å².